The van der Waals surface area contributed by atoms with E-state index in [1.165, 1.54) is 32.1 Å². The summed E-state index contributed by atoms with van der Waals surface area (Å²) in [5, 5.41) is 3.66. The topological polar surface area (TPSA) is 70.6 Å². The van der Waals surface area contributed by atoms with Gasteiger partial charge < -0.3 is 19.9 Å². The van der Waals surface area contributed by atoms with Gasteiger partial charge in [-0.1, -0.05) is 26.2 Å². The highest BCUT2D eigenvalue weighted by Gasteiger charge is 2.33. The molecule has 1 amide bonds. The maximum Gasteiger partial charge on any atom is 0.273 e. The van der Waals surface area contributed by atoms with E-state index < -0.39 is 0 Å². The number of carbonyl (C=O) groups is 1. The maximum atomic E-state index is 12.8. The van der Waals surface area contributed by atoms with Gasteiger partial charge in [-0.15, -0.1) is 0 Å². The quantitative estimate of drug-likeness (QED) is 0.871. The van der Waals surface area contributed by atoms with Crippen LogP contribution in [0.25, 0.3) is 0 Å². The van der Waals surface area contributed by atoms with Gasteiger partial charge >= 0.3 is 0 Å². The Kier molecular flexibility index (Phi) is 5.24. The summed E-state index contributed by atoms with van der Waals surface area (Å²) in [7, 11) is 0. The first-order chi connectivity index (χ1) is 12.8. The fourth-order valence-electron chi connectivity index (χ4n) is 4.13. The largest absolute Gasteiger partial charge is 0.378 e. The van der Waals surface area contributed by atoms with Crippen LogP contribution in [0.2, 0.25) is 0 Å². The molecule has 1 aromatic rings. The van der Waals surface area contributed by atoms with Gasteiger partial charge in [0.1, 0.15) is 11.5 Å². The highest BCUT2D eigenvalue weighted by atomic mass is 16.5. The second-order valence-electron chi connectivity index (χ2n) is 7.50. The van der Waals surface area contributed by atoms with Crippen molar-refractivity contribution in [2.75, 3.05) is 43.1 Å². The highest BCUT2D eigenvalue weighted by molar-refractivity contribution is 5.98. The number of aromatic nitrogens is 2. The van der Waals surface area contributed by atoms with Gasteiger partial charge in [0, 0.05) is 31.2 Å². The second-order valence-corrected chi connectivity index (χ2v) is 7.50. The number of ether oxygens (including phenoxy) is 1. The van der Waals surface area contributed by atoms with Crippen LogP contribution < -0.4 is 10.2 Å². The average Bonchev–Trinajstić information content (AvgIpc) is 3.00. The lowest BCUT2D eigenvalue weighted by atomic mass is 9.95. The van der Waals surface area contributed by atoms with Crippen LogP contribution in [-0.4, -0.2) is 59.7 Å². The Bertz CT molecular complexity index is 654. The number of hydrogen-bond donors (Lipinski definition) is 1. The van der Waals surface area contributed by atoms with E-state index in [1.807, 2.05) is 4.90 Å². The van der Waals surface area contributed by atoms with Gasteiger partial charge in [0.2, 0.25) is 5.95 Å². The van der Waals surface area contributed by atoms with E-state index >= 15 is 0 Å². The van der Waals surface area contributed by atoms with Gasteiger partial charge in [-0.25, -0.2) is 4.98 Å². The monoisotopic (exact) mass is 359 g/mol. The summed E-state index contributed by atoms with van der Waals surface area (Å²) in [4.78, 5) is 26.4. The number of morpholine rings is 1. The van der Waals surface area contributed by atoms with Gasteiger partial charge in [0.15, 0.2) is 0 Å². The van der Waals surface area contributed by atoms with Gasteiger partial charge in [0.05, 0.1) is 19.8 Å². The molecule has 1 N–H and O–H groups in total. The van der Waals surface area contributed by atoms with E-state index in [0.29, 0.717) is 37.4 Å². The van der Waals surface area contributed by atoms with E-state index in [1.54, 1.807) is 0 Å². The van der Waals surface area contributed by atoms with E-state index in [0.717, 1.165) is 37.4 Å². The van der Waals surface area contributed by atoms with Gasteiger partial charge in [0.25, 0.3) is 5.91 Å². The molecule has 0 aromatic carbocycles. The molecule has 0 bridgehead atoms. The van der Waals surface area contributed by atoms with Crippen LogP contribution in [0.4, 0.5) is 11.8 Å². The first-order valence-corrected chi connectivity index (χ1v) is 10.1. The summed E-state index contributed by atoms with van der Waals surface area (Å²) >= 11 is 0. The minimum absolute atomic E-state index is 0.0467. The van der Waals surface area contributed by atoms with Crippen molar-refractivity contribution < 1.29 is 9.53 Å². The SMILES string of the molecule is CCCN1Cc2c(NC3CCCCC3)nc(N3CCOCC3)nc2C1=O. The molecule has 1 aliphatic carbocycles. The third-order valence-electron chi connectivity index (χ3n) is 5.57. The van der Waals surface area contributed by atoms with Crippen LogP contribution in [0.1, 0.15) is 61.5 Å². The zero-order valence-electron chi connectivity index (χ0n) is 15.7. The molecule has 2 fully saturated rings. The Hall–Kier alpha value is -1.89. The Morgan fingerprint density at radius 3 is 2.65 bits per heavy atom. The van der Waals surface area contributed by atoms with Gasteiger partial charge in [-0.3, -0.25) is 4.79 Å². The number of nitrogens with zero attached hydrogens (tertiary/aromatic N) is 4. The Balaban J connectivity index is 1.65. The molecule has 7 nitrogen and oxygen atoms in total. The molecule has 3 aliphatic rings. The third-order valence-corrected chi connectivity index (χ3v) is 5.57. The van der Waals surface area contributed by atoms with E-state index in [-0.39, 0.29) is 5.91 Å². The molecule has 26 heavy (non-hydrogen) atoms. The molecule has 2 aliphatic heterocycles. The molecule has 0 atom stereocenters. The fraction of sp³-hybridized carbons (Fsp3) is 0.737. The van der Waals surface area contributed by atoms with Crippen LogP contribution in [0, 0.1) is 0 Å². The predicted octanol–water partition coefficient (Wildman–Crippen LogP) is 2.42. The van der Waals surface area contributed by atoms with E-state index in [4.69, 9.17) is 9.72 Å². The molecule has 0 radical (unpaired) electrons. The summed E-state index contributed by atoms with van der Waals surface area (Å²) < 4.78 is 5.45. The molecule has 7 heteroatoms. The first kappa shape index (κ1) is 17.5. The van der Waals surface area contributed by atoms with Crippen molar-refractivity contribution in [3.05, 3.63) is 11.3 Å². The highest BCUT2D eigenvalue weighted by Crippen LogP contribution is 2.31. The average molecular weight is 359 g/mol. The van der Waals surface area contributed by atoms with Crippen LogP contribution in [-0.2, 0) is 11.3 Å². The van der Waals surface area contributed by atoms with Crippen molar-refractivity contribution in [3.8, 4) is 0 Å². The standard InChI is InChI=1S/C19H29N5O2/c1-2-8-24-13-15-16(18(24)25)21-19(23-9-11-26-12-10-23)22-17(15)20-14-6-4-3-5-7-14/h14H,2-13H2,1H3,(H,20,21,22). The van der Waals surface area contributed by atoms with Gasteiger partial charge in [-0.05, 0) is 19.3 Å². The Morgan fingerprint density at radius 2 is 1.92 bits per heavy atom. The van der Waals surface area contributed by atoms with Crippen molar-refractivity contribution in [2.45, 2.75) is 58.0 Å². The number of rotatable bonds is 5. The van der Waals surface area contributed by atoms with Crippen molar-refractivity contribution in [1.29, 1.82) is 0 Å². The number of amides is 1. The molecular formula is C19H29N5O2. The molecular weight excluding hydrogens is 330 g/mol. The van der Waals surface area contributed by atoms with Crippen LogP contribution in [0.5, 0.6) is 0 Å². The molecule has 1 aromatic heterocycles. The lowest BCUT2D eigenvalue weighted by Crippen LogP contribution is -2.38. The fourth-order valence-corrected chi connectivity index (χ4v) is 4.13. The van der Waals surface area contributed by atoms with Crippen molar-refractivity contribution in [1.82, 2.24) is 14.9 Å². The van der Waals surface area contributed by atoms with Gasteiger partial charge in [-0.2, -0.15) is 4.98 Å². The van der Waals surface area contributed by atoms with E-state index in [2.05, 4.69) is 22.1 Å². The third kappa shape index (κ3) is 3.49. The number of nitrogens with one attached hydrogen (secondary N) is 1. The lowest BCUT2D eigenvalue weighted by Gasteiger charge is -2.28. The molecule has 0 spiro atoms. The zero-order chi connectivity index (χ0) is 17.9. The molecule has 0 unspecified atom stereocenters. The zero-order valence-corrected chi connectivity index (χ0v) is 15.7. The summed E-state index contributed by atoms with van der Waals surface area (Å²) in [6.07, 6.45) is 7.16. The summed E-state index contributed by atoms with van der Waals surface area (Å²) in [6.45, 7) is 6.40. The predicted molar refractivity (Wildman–Crippen MR) is 101 cm³/mol. The molecule has 1 saturated carbocycles. The Morgan fingerprint density at radius 1 is 1.15 bits per heavy atom. The van der Waals surface area contributed by atoms with Crippen LogP contribution >= 0.6 is 0 Å². The normalized spacial score (nSPS) is 21.2. The number of carbonyl (C=O) groups excluding carboxylic acids is 1. The van der Waals surface area contributed by atoms with Crippen molar-refractivity contribution in [3.63, 3.8) is 0 Å². The summed E-state index contributed by atoms with van der Waals surface area (Å²) in [5.41, 5.74) is 1.57. The van der Waals surface area contributed by atoms with Crippen molar-refractivity contribution in [2.24, 2.45) is 0 Å². The molecule has 4 rings (SSSR count). The summed E-state index contributed by atoms with van der Waals surface area (Å²) in [6, 6.07) is 0.454. The number of anilines is 2. The van der Waals surface area contributed by atoms with E-state index in [9.17, 15) is 4.79 Å². The van der Waals surface area contributed by atoms with Crippen LogP contribution in [0.3, 0.4) is 0 Å². The second kappa shape index (κ2) is 7.78. The lowest BCUT2D eigenvalue weighted by molar-refractivity contribution is 0.0774. The van der Waals surface area contributed by atoms with Crippen molar-refractivity contribution >= 4 is 17.7 Å². The minimum Gasteiger partial charge on any atom is -0.378 e. The number of hydrogen-bond acceptors (Lipinski definition) is 6. The molecule has 142 valence electrons. The van der Waals surface area contributed by atoms with Crippen LogP contribution in [0.15, 0.2) is 0 Å². The minimum atomic E-state index is 0.0467. The Labute approximate surface area is 155 Å². The number of fused-ring (bicyclic) bond motifs is 1. The first-order valence-electron chi connectivity index (χ1n) is 10.1. The molecule has 3 heterocycles. The smallest absolute Gasteiger partial charge is 0.273 e. The maximum absolute atomic E-state index is 12.8. The molecule has 1 saturated heterocycles. The summed E-state index contributed by atoms with van der Waals surface area (Å²) in [5.74, 6) is 1.58.